The fourth-order valence-electron chi connectivity index (χ4n) is 4.04. The SMILES string of the molecule is COC(=O)CCCCCCc1cccc(S(=O)(=O)Nc2c(C)cc(-c3ccccc3)cc2C)c1. The summed E-state index contributed by atoms with van der Waals surface area (Å²) in [5.74, 6) is -0.175. The molecule has 0 aliphatic rings. The van der Waals surface area contributed by atoms with Crippen LogP contribution in [0, 0.1) is 13.8 Å². The molecule has 0 saturated heterocycles. The standard InChI is InChI=1S/C28H33NO4S/c1-21-18-25(24-14-8-6-9-15-24)19-22(2)28(21)29-34(31,32)26-16-11-13-23(20-26)12-7-4-5-10-17-27(30)33-3/h6,8-9,11,13-16,18-20,29H,4-5,7,10,12,17H2,1-3H3. The smallest absolute Gasteiger partial charge is 0.305 e. The number of aryl methyl sites for hydroxylation is 3. The second-order valence-electron chi connectivity index (χ2n) is 8.59. The minimum atomic E-state index is -3.71. The quantitative estimate of drug-likeness (QED) is 0.254. The topological polar surface area (TPSA) is 72.5 Å². The Balaban J connectivity index is 1.66. The van der Waals surface area contributed by atoms with Crippen molar-refractivity contribution in [3.05, 3.63) is 83.4 Å². The van der Waals surface area contributed by atoms with Crippen LogP contribution >= 0.6 is 0 Å². The molecular formula is C28H33NO4S. The molecule has 0 unspecified atom stereocenters. The molecule has 0 aromatic heterocycles. The summed E-state index contributed by atoms with van der Waals surface area (Å²) in [4.78, 5) is 11.4. The van der Waals surface area contributed by atoms with E-state index in [0.717, 1.165) is 59.9 Å². The maximum atomic E-state index is 13.2. The number of anilines is 1. The summed E-state index contributed by atoms with van der Waals surface area (Å²) in [6.07, 6.45) is 4.93. The van der Waals surface area contributed by atoms with Crippen molar-refractivity contribution in [1.29, 1.82) is 0 Å². The molecule has 0 spiro atoms. The molecule has 0 amide bonds. The first-order valence-corrected chi connectivity index (χ1v) is 13.1. The lowest BCUT2D eigenvalue weighted by atomic mass is 9.99. The van der Waals surface area contributed by atoms with E-state index in [1.54, 1.807) is 18.2 Å². The van der Waals surface area contributed by atoms with E-state index in [-0.39, 0.29) is 10.9 Å². The molecule has 0 radical (unpaired) electrons. The predicted molar refractivity (Wildman–Crippen MR) is 137 cm³/mol. The fourth-order valence-corrected chi connectivity index (χ4v) is 5.31. The van der Waals surface area contributed by atoms with Gasteiger partial charge in [-0.1, -0.05) is 55.3 Å². The number of rotatable bonds is 11. The van der Waals surface area contributed by atoms with E-state index in [1.165, 1.54) is 7.11 Å². The largest absolute Gasteiger partial charge is 0.469 e. The minimum absolute atomic E-state index is 0.175. The Morgan fingerprint density at radius 3 is 2.18 bits per heavy atom. The average molecular weight is 480 g/mol. The summed E-state index contributed by atoms with van der Waals surface area (Å²) in [6.45, 7) is 3.85. The van der Waals surface area contributed by atoms with Crippen LogP contribution in [0.5, 0.6) is 0 Å². The van der Waals surface area contributed by atoms with Crippen molar-refractivity contribution in [2.45, 2.75) is 57.3 Å². The Morgan fingerprint density at radius 2 is 1.50 bits per heavy atom. The second kappa shape index (κ2) is 11.8. The number of unbranched alkanes of at least 4 members (excludes halogenated alkanes) is 3. The van der Waals surface area contributed by atoms with Crippen LogP contribution in [0.15, 0.2) is 71.6 Å². The van der Waals surface area contributed by atoms with Crippen molar-refractivity contribution in [3.8, 4) is 11.1 Å². The van der Waals surface area contributed by atoms with Crippen molar-refractivity contribution in [2.75, 3.05) is 11.8 Å². The van der Waals surface area contributed by atoms with Crippen molar-refractivity contribution < 1.29 is 17.9 Å². The molecule has 0 aliphatic heterocycles. The van der Waals surface area contributed by atoms with Gasteiger partial charge in [0.2, 0.25) is 0 Å². The van der Waals surface area contributed by atoms with Crippen molar-refractivity contribution in [2.24, 2.45) is 0 Å². The van der Waals surface area contributed by atoms with Gasteiger partial charge in [0.05, 0.1) is 17.7 Å². The van der Waals surface area contributed by atoms with Crippen molar-refractivity contribution >= 4 is 21.7 Å². The third-order valence-corrected chi connectivity index (χ3v) is 7.26. The molecule has 0 aliphatic carbocycles. The summed E-state index contributed by atoms with van der Waals surface area (Å²) < 4.78 is 33.8. The van der Waals surface area contributed by atoms with Crippen LogP contribution < -0.4 is 4.72 Å². The lowest BCUT2D eigenvalue weighted by Crippen LogP contribution is -2.15. The Kier molecular flexibility index (Phi) is 8.88. The maximum Gasteiger partial charge on any atom is 0.305 e. The zero-order chi connectivity index (χ0) is 24.6. The van der Waals surface area contributed by atoms with E-state index in [9.17, 15) is 13.2 Å². The first-order chi connectivity index (χ1) is 16.3. The second-order valence-corrected chi connectivity index (χ2v) is 10.3. The molecule has 0 fully saturated rings. The summed E-state index contributed by atoms with van der Waals surface area (Å²) in [5.41, 5.74) is 5.53. The molecule has 0 atom stereocenters. The molecular weight excluding hydrogens is 446 g/mol. The lowest BCUT2D eigenvalue weighted by Gasteiger charge is -2.16. The van der Waals surface area contributed by atoms with Crippen molar-refractivity contribution in [1.82, 2.24) is 0 Å². The Labute approximate surface area is 203 Å². The van der Waals surface area contributed by atoms with Gasteiger partial charge in [-0.2, -0.15) is 0 Å². The molecule has 3 aromatic rings. The normalized spacial score (nSPS) is 11.3. The molecule has 3 rings (SSSR count). The maximum absolute atomic E-state index is 13.2. The minimum Gasteiger partial charge on any atom is -0.469 e. The molecule has 1 N–H and O–H groups in total. The Morgan fingerprint density at radius 1 is 0.824 bits per heavy atom. The number of benzene rings is 3. The molecule has 180 valence electrons. The highest BCUT2D eigenvalue weighted by molar-refractivity contribution is 7.92. The summed E-state index contributed by atoms with van der Waals surface area (Å²) in [6, 6.07) is 21.2. The molecule has 6 heteroatoms. The highest BCUT2D eigenvalue weighted by Crippen LogP contribution is 2.30. The number of carbonyl (C=O) groups excluding carboxylic acids is 1. The van der Waals surface area contributed by atoms with Gasteiger partial charge in [-0.3, -0.25) is 9.52 Å². The third-order valence-electron chi connectivity index (χ3n) is 5.91. The number of nitrogens with one attached hydrogen (secondary N) is 1. The number of methoxy groups -OCH3 is 1. The highest BCUT2D eigenvalue weighted by Gasteiger charge is 2.18. The van der Waals surface area contributed by atoms with Crippen LogP contribution in [-0.4, -0.2) is 21.5 Å². The van der Waals surface area contributed by atoms with Crippen LogP contribution in [0.1, 0.15) is 48.8 Å². The number of hydrogen-bond acceptors (Lipinski definition) is 4. The summed E-state index contributed by atoms with van der Waals surface area (Å²) >= 11 is 0. The van der Waals surface area contributed by atoms with Crippen LogP contribution in [0.4, 0.5) is 5.69 Å². The predicted octanol–water partition coefficient (Wildman–Crippen LogP) is 6.44. The number of esters is 1. The highest BCUT2D eigenvalue weighted by atomic mass is 32.2. The van der Waals surface area contributed by atoms with Crippen LogP contribution in [0.3, 0.4) is 0 Å². The van der Waals surface area contributed by atoms with Gasteiger partial charge in [-0.05, 0) is 85.2 Å². The van der Waals surface area contributed by atoms with Gasteiger partial charge >= 0.3 is 5.97 Å². The van der Waals surface area contributed by atoms with Crippen molar-refractivity contribution in [3.63, 3.8) is 0 Å². The van der Waals surface area contributed by atoms with E-state index in [0.29, 0.717) is 12.1 Å². The first-order valence-electron chi connectivity index (χ1n) is 11.7. The van der Waals surface area contributed by atoms with Gasteiger partial charge < -0.3 is 4.74 Å². The average Bonchev–Trinajstić information content (AvgIpc) is 2.84. The summed E-state index contributed by atoms with van der Waals surface area (Å²) in [7, 11) is -2.31. The molecule has 0 saturated carbocycles. The molecule has 0 bridgehead atoms. The zero-order valence-corrected chi connectivity index (χ0v) is 21.0. The van der Waals surface area contributed by atoms with Crippen LogP contribution in [0.25, 0.3) is 11.1 Å². The van der Waals surface area contributed by atoms with Gasteiger partial charge in [-0.25, -0.2) is 8.42 Å². The monoisotopic (exact) mass is 479 g/mol. The van der Waals surface area contributed by atoms with Gasteiger partial charge in [0.15, 0.2) is 0 Å². The molecule has 0 heterocycles. The van der Waals surface area contributed by atoms with Gasteiger partial charge in [0.1, 0.15) is 0 Å². The number of ether oxygens (including phenoxy) is 1. The molecule has 3 aromatic carbocycles. The van der Waals surface area contributed by atoms with E-state index in [1.807, 2.05) is 62.4 Å². The Hall–Kier alpha value is -3.12. The van der Waals surface area contributed by atoms with E-state index < -0.39 is 10.0 Å². The molecule has 34 heavy (non-hydrogen) atoms. The van der Waals surface area contributed by atoms with E-state index in [4.69, 9.17) is 0 Å². The lowest BCUT2D eigenvalue weighted by molar-refractivity contribution is -0.140. The van der Waals surface area contributed by atoms with E-state index >= 15 is 0 Å². The van der Waals surface area contributed by atoms with Gasteiger partial charge in [-0.15, -0.1) is 0 Å². The fraction of sp³-hybridized carbons (Fsp3) is 0.321. The Bertz CT molecular complexity index is 1200. The van der Waals surface area contributed by atoms with Gasteiger partial charge in [0, 0.05) is 6.42 Å². The van der Waals surface area contributed by atoms with Crippen LogP contribution in [-0.2, 0) is 26.0 Å². The first kappa shape index (κ1) is 25.5. The van der Waals surface area contributed by atoms with Crippen LogP contribution in [0.2, 0.25) is 0 Å². The van der Waals surface area contributed by atoms with E-state index in [2.05, 4.69) is 9.46 Å². The number of carbonyl (C=O) groups is 1. The summed E-state index contributed by atoms with van der Waals surface area (Å²) in [5, 5.41) is 0. The van der Waals surface area contributed by atoms with Gasteiger partial charge in [0.25, 0.3) is 10.0 Å². The third kappa shape index (κ3) is 6.94. The number of sulfonamides is 1. The zero-order valence-electron chi connectivity index (χ0n) is 20.1. The number of hydrogen-bond donors (Lipinski definition) is 1. The molecule has 5 nitrogen and oxygen atoms in total.